The highest BCUT2D eigenvalue weighted by Gasteiger charge is 2.51. The fourth-order valence-electron chi connectivity index (χ4n) is 2.66. The van der Waals surface area contributed by atoms with Crippen LogP contribution in [0.4, 0.5) is 11.8 Å². The number of nitrogen functional groups attached to an aromatic ring is 1. The van der Waals surface area contributed by atoms with Gasteiger partial charge in [0.15, 0.2) is 29.5 Å². The molecule has 0 spiro atoms. The van der Waals surface area contributed by atoms with Crippen LogP contribution in [0.3, 0.4) is 0 Å². The molecule has 5 N–H and O–H groups in total. The van der Waals surface area contributed by atoms with Crippen LogP contribution in [0.15, 0.2) is 6.33 Å². The summed E-state index contributed by atoms with van der Waals surface area (Å²) in [7, 11) is 0. The quantitative estimate of drug-likeness (QED) is 0.550. The third-order valence-electron chi connectivity index (χ3n) is 4.15. The maximum Gasteiger partial charge on any atom is 0.329 e. The van der Waals surface area contributed by atoms with Gasteiger partial charge >= 0.3 is 5.97 Å². The van der Waals surface area contributed by atoms with Crippen LogP contribution in [0.5, 0.6) is 0 Å². The number of rotatable bonds is 5. The third-order valence-corrected chi connectivity index (χ3v) is 4.15. The van der Waals surface area contributed by atoms with Crippen molar-refractivity contribution in [2.75, 3.05) is 24.3 Å². The molecule has 1 saturated heterocycles. The first-order valence-electron chi connectivity index (χ1n) is 7.42. The van der Waals surface area contributed by atoms with Gasteiger partial charge in [-0.05, 0) is 12.8 Å². The first-order valence-corrected chi connectivity index (χ1v) is 7.42. The number of hydrogen-bond acceptors (Lipinski definition) is 9. The summed E-state index contributed by atoms with van der Waals surface area (Å²) < 4.78 is 12.4. The Hall–Kier alpha value is -2.50. The molecule has 1 aliphatic carbocycles. The number of imidazole rings is 1. The summed E-state index contributed by atoms with van der Waals surface area (Å²) >= 11 is 0. The predicted molar refractivity (Wildman–Crippen MR) is 79.9 cm³/mol. The zero-order valence-electron chi connectivity index (χ0n) is 12.5. The summed E-state index contributed by atoms with van der Waals surface area (Å²) in [6.07, 6.45) is 1.30. The number of aliphatic hydroxyl groups excluding tert-OH is 1. The smallest absolute Gasteiger partial charge is 0.329 e. The number of carboxylic acid groups (broad SMARTS) is 1. The minimum atomic E-state index is -1.02. The molecule has 0 aromatic carbocycles. The number of fused-ring (bicyclic) bond motifs is 1. The van der Waals surface area contributed by atoms with Gasteiger partial charge in [-0.15, -0.1) is 0 Å². The van der Waals surface area contributed by atoms with Gasteiger partial charge in [0, 0.05) is 0 Å². The molecule has 11 nitrogen and oxygen atoms in total. The molecule has 128 valence electrons. The van der Waals surface area contributed by atoms with Crippen LogP contribution in [0.1, 0.15) is 19.1 Å². The number of aliphatic hydroxyl groups is 1. The molecule has 0 bridgehead atoms. The summed E-state index contributed by atoms with van der Waals surface area (Å²) in [4.78, 5) is 23.9. The van der Waals surface area contributed by atoms with E-state index in [4.69, 9.17) is 20.3 Å². The van der Waals surface area contributed by atoms with E-state index in [1.165, 1.54) is 6.33 Å². The fraction of sp³-hybridized carbons (Fsp3) is 0.538. The number of nitrogens with two attached hydrogens (primary N) is 1. The number of ether oxygens (including phenoxy) is 2. The predicted octanol–water partition coefficient (Wildman–Crippen LogP) is -0.699. The number of nitrogens with zero attached hydrogens (tertiary/aromatic N) is 4. The molecule has 0 unspecified atom stereocenters. The van der Waals surface area contributed by atoms with Crippen molar-refractivity contribution < 1.29 is 24.5 Å². The van der Waals surface area contributed by atoms with Crippen LogP contribution in [0, 0.1) is 0 Å². The van der Waals surface area contributed by atoms with E-state index in [2.05, 4.69) is 20.3 Å². The molecule has 3 heterocycles. The second-order valence-electron chi connectivity index (χ2n) is 5.80. The van der Waals surface area contributed by atoms with Crippen molar-refractivity contribution in [1.82, 2.24) is 19.5 Å². The summed E-state index contributed by atoms with van der Waals surface area (Å²) in [6, 6.07) is 0. The topological polar surface area (TPSA) is 158 Å². The average molecular weight is 336 g/mol. The van der Waals surface area contributed by atoms with Gasteiger partial charge in [-0.2, -0.15) is 9.97 Å². The van der Waals surface area contributed by atoms with E-state index in [0.717, 1.165) is 0 Å². The number of nitrogens with one attached hydrogen (secondary N) is 1. The lowest BCUT2D eigenvalue weighted by atomic mass is 10.2. The highest BCUT2D eigenvalue weighted by molar-refractivity contribution is 5.91. The highest BCUT2D eigenvalue weighted by atomic mass is 16.7. The number of carbonyl (C=O) groups is 1. The minimum Gasteiger partial charge on any atom is -0.480 e. The van der Waals surface area contributed by atoms with Crippen LogP contribution in [0.25, 0.3) is 11.2 Å². The molecule has 4 rings (SSSR count). The van der Waals surface area contributed by atoms with Gasteiger partial charge in [0.05, 0.1) is 19.5 Å². The van der Waals surface area contributed by atoms with E-state index < -0.39 is 24.0 Å². The van der Waals surface area contributed by atoms with Crippen molar-refractivity contribution in [3.63, 3.8) is 0 Å². The molecule has 2 aliphatic rings. The number of anilines is 2. The van der Waals surface area contributed by atoms with Gasteiger partial charge in [-0.25, -0.2) is 9.78 Å². The molecule has 0 radical (unpaired) electrons. The Morgan fingerprint density at radius 1 is 1.50 bits per heavy atom. The number of hydrogen-bond donors (Lipinski definition) is 4. The Bertz CT molecular complexity index is 803. The monoisotopic (exact) mass is 336 g/mol. The lowest BCUT2D eigenvalue weighted by Gasteiger charge is -2.14. The molecule has 11 heteroatoms. The van der Waals surface area contributed by atoms with Crippen LogP contribution in [-0.2, 0) is 14.3 Å². The maximum absolute atomic E-state index is 11.4. The van der Waals surface area contributed by atoms with Crippen LogP contribution < -0.4 is 11.1 Å². The molecule has 24 heavy (non-hydrogen) atoms. The SMILES string of the molecule is Nc1nc(NC2(C(=O)O)CC2)c2ncn([C@@H]3CO[C@H](CO)O3)c2n1. The highest BCUT2D eigenvalue weighted by Crippen LogP contribution is 2.40. The number of aliphatic carboxylic acids is 1. The molecule has 2 aromatic heterocycles. The Balaban J connectivity index is 1.71. The third kappa shape index (κ3) is 2.33. The van der Waals surface area contributed by atoms with Crippen molar-refractivity contribution in [3.05, 3.63) is 6.33 Å². The van der Waals surface area contributed by atoms with Crippen molar-refractivity contribution in [1.29, 1.82) is 0 Å². The van der Waals surface area contributed by atoms with Gasteiger partial charge in [0.1, 0.15) is 5.54 Å². The van der Waals surface area contributed by atoms with Gasteiger partial charge in [0.2, 0.25) is 5.95 Å². The summed E-state index contributed by atoms with van der Waals surface area (Å²) in [5.41, 5.74) is 5.53. The maximum atomic E-state index is 11.4. The lowest BCUT2D eigenvalue weighted by molar-refractivity contribution is -0.138. The van der Waals surface area contributed by atoms with Crippen molar-refractivity contribution in [2.45, 2.75) is 30.9 Å². The Kier molecular flexibility index (Phi) is 3.30. The van der Waals surface area contributed by atoms with Crippen molar-refractivity contribution in [3.8, 4) is 0 Å². The summed E-state index contributed by atoms with van der Waals surface area (Å²) in [5, 5.41) is 21.3. The largest absolute Gasteiger partial charge is 0.480 e. The van der Waals surface area contributed by atoms with E-state index >= 15 is 0 Å². The summed E-state index contributed by atoms with van der Waals surface area (Å²) in [5.74, 6) is -0.676. The second-order valence-corrected chi connectivity index (χ2v) is 5.80. The Morgan fingerprint density at radius 3 is 2.92 bits per heavy atom. The molecule has 2 aromatic rings. The van der Waals surface area contributed by atoms with Gasteiger partial charge < -0.3 is 30.7 Å². The van der Waals surface area contributed by atoms with E-state index in [-0.39, 0.29) is 25.0 Å². The zero-order chi connectivity index (χ0) is 16.9. The van der Waals surface area contributed by atoms with E-state index in [1.807, 2.05) is 0 Å². The molecule has 0 amide bonds. The first-order chi connectivity index (χ1) is 11.5. The van der Waals surface area contributed by atoms with E-state index in [9.17, 15) is 9.90 Å². The van der Waals surface area contributed by atoms with Crippen molar-refractivity contribution >= 4 is 28.9 Å². The Labute approximate surface area is 135 Å². The molecule has 1 aliphatic heterocycles. The minimum absolute atomic E-state index is 0.00874. The molecule has 1 saturated carbocycles. The Morgan fingerprint density at radius 2 is 2.29 bits per heavy atom. The first kappa shape index (κ1) is 15.1. The van der Waals surface area contributed by atoms with E-state index in [0.29, 0.717) is 24.0 Å². The molecular weight excluding hydrogens is 320 g/mol. The van der Waals surface area contributed by atoms with E-state index in [1.54, 1.807) is 4.57 Å². The molecule has 2 fully saturated rings. The van der Waals surface area contributed by atoms with Gasteiger partial charge in [-0.1, -0.05) is 0 Å². The lowest BCUT2D eigenvalue weighted by Crippen LogP contribution is -2.32. The van der Waals surface area contributed by atoms with Crippen molar-refractivity contribution in [2.24, 2.45) is 0 Å². The second kappa shape index (κ2) is 5.26. The summed E-state index contributed by atoms with van der Waals surface area (Å²) in [6.45, 7) is -0.0311. The number of aromatic nitrogens is 4. The normalized spacial score (nSPS) is 25.0. The van der Waals surface area contributed by atoms with Crippen LogP contribution in [-0.4, -0.2) is 60.7 Å². The van der Waals surface area contributed by atoms with Crippen LogP contribution in [0.2, 0.25) is 0 Å². The van der Waals surface area contributed by atoms with Gasteiger partial charge in [-0.3, -0.25) is 4.57 Å². The average Bonchev–Trinajstić information content (AvgIpc) is 3.00. The number of carboxylic acids is 1. The van der Waals surface area contributed by atoms with Gasteiger partial charge in [0.25, 0.3) is 0 Å². The molecular formula is C13H16N6O5. The molecule has 2 atom stereocenters. The zero-order valence-corrected chi connectivity index (χ0v) is 12.5. The van der Waals surface area contributed by atoms with Crippen LogP contribution >= 0.6 is 0 Å². The standard InChI is InChI=1S/C13H16N6O5/c14-12-16-9(18-13(1-2-13)11(21)22)8-10(17-12)19(5-15-8)6-4-23-7(3-20)24-6/h5-7,20H,1-4H2,(H,21,22)(H3,14,16,17,18)/t6-,7-/m0/s1. The fourth-order valence-corrected chi connectivity index (χ4v) is 2.66.